The second-order valence-electron chi connectivity index (χ2n) is 4.71. The van der Waals surface area contributed by atoms with Gasteiger partial charge in [0.25, 0.3) is 5.91 Å². The highest BCUT2D eigenvalue weighted by molar-refractivity contribution is 7.10. The number of benzene rings is 1. The van der Waals surface area contributed by atoms with Crippen LogP contribution in [0.2, 0.25) is 0 Å². The predicted octanol–water partition coefficient (Wildman–Crippen LogP) is 2.89. The molecule has 0 fully saturated rings. The molecule has 0 saturated carbocycles. The van der Waals surface area contributed by atoms with Gasteiger partial charge in [-0.25, -0.2) is 0 Å². The molecule has 1 unspecified atom stereocenters. The molecule has 4 heteroatoms. The van der Waals surface area contributed by atoms with E-state index in [1.165, 1.54) is 11.3 Å². The number of amides is 1. The Morgan fingerprint density at radius 2 is 2.19 bits per heavy atom. The average molecular weight is 299 g/mol. The van der Waals surface area contributed by atoms with Crippen LogP contribution >= 0.6 is 11.3 Å². The molecule has 1 aromatic heterocycles. The Hall–Kier alpha value is -2.09. The summed E-state index contributed by atoms with van der Waals surface area (Å²) in [5.74, 6) is 5.27. The van der Waals surface area contributed by atoms with Gasteiger partial charge in [-0.05, 0) is 31.0 Å². The van der Waals surface area contributed by atoms with Crippen molar-refractivity contribution in [2.75, 3.05) is 6.61 Å². The van der Waals surface area contributed by atoms with Gasteiger partial charge in [0, 0.05) is 5.38 Å². The summed E-state index contributed by atoms with van der Waals surface area (Å²) in [6, 6.07) is 9.70. The number of thiophene rings is 1. The number of nitrogens with one attached hydrogen (secondary N) is 1. The van der Waals surface area contributed by atoms with Gasteiger partial charge in [0.2, 0.25) is 0 Å². The summed E-state index contributed by atoms with van der Waals surface area (Å²) in [4.78, 5) is 13.0. The summed E-state index contributed by atoms with van der Waals surface area (Å²) < 4.78 is 0. The normalized spacial score (nSPS) is 11.4. The highest BCUT2D eigenvalue weighted by Crippen LogP contribution is 2.19. The molecule has 0 spiro atoms. The molecule has 2 N–H and O–H groups in total. The minimum absolute atomic E-state index is 0.0504. The van der Waals surface area contributed by atoms with Crippen LogP contribution in [0.5, 0.6) is 0 Å². The predicted molar refractivity (Wildman–Crippen MR) is 85.3 cm³/mol. The van der Waals surface area contributed by atoms with Crippen molar-refractivity contribution in [3.8, 4) is 11.8 Å². The zero-order valence-corrected chi connectivity index (χ0v) is 12.8. The van der Waals surface area contributed by atoms with E-state index in [1.54, 1.807) is 11.4 Å². The lowest BCUT2D eigenvalue weighted by Gasteiger charge is -2.16. The summed E-state index contributed by atoms with van der Waals surface area (Å²) in [7, 11) is 0. The molecule has 2 aromatic rings. The van der Waals surface area contributed by atoms with Gasteiger partial charge in [0.05, 0.1) is 16.5 Å². The highest BCUT2D eigenvalue weighted by Gasteiger charge is 2.13. The van der Waals surface area contributed by atoms with Crippen LogP contribution in [0.25, 0.3) is 0 Å². The Kier molecular flexibility index (Phi) is 5.15. The van der Waals surface area contributed by atoms with Gasteiger partial charge < -0.3 is 10.4 Å². The Balaban J connectivity index is 2.07. The van der Waals surface area contributed by atoms with Crippen LogP contribution in [0.1, 0.15) is 39.3 Å². The number of carbonyl (C=O) groups excluding carboxylic acids is 1. The first-order valence-electron chi connectivity index (χ1n) is 6.66. The van der Waals surface area contributed by atoms with E-state index in [4.69, 9.17) is 5.11 Å². The van der Waals surface area contributed by atoms with Crippen molar-refractivity contribution in [3.63, 3.8) is 0 Å². The molecule has 0 bridgehead atoms. The van der Waals surface area contributed by atoms with Crippen LogP contribution in [0, 0.1) is 18.8 Å². The fraction of sp³-hybridized carbons (Fsp3) is 0.235. The first-order chi connectivity index (χ1) is 10.1. The smallest absolute Gasteiger partial charge is 0.252 e. The van der Waals surface area contributed by atoms with E-state index in [9.17, 15) is 4.79 Å². The third kappa shape index (κ3) is 3.94. The Bertz CT molecular complexity index is 694. The quantitative estimate of drug-likeness (QED) is 0.856. The molecule has 0 aliphatic heterocycles. The van der Waals surface area contributed by atoms with E-state index >= 15 is 0 Å². The van der Waals surface area contributed by atoms with Crippen LogP contribution in [0.3, 0.4) is 0 Å². The van der Waals surface area contributed by atoms with Gasteiger partial charge in [0.15, 0.2) is 0 Å². The summed E-state index contributed by atoms with van der Waals surface area (Å²) in [6.45, 7) is 3.83. The Labute approximate surface area is 128 Å². The lowest BCUT2D eigenvalue weighted by atomic mass is 10.0. The number of aliphatic hydroxyl groups excluding tert-OH is 1. The van der Waals surface area contributed by atoms with Crippen molar-refractivity contribution in [1.29, 1.82) is 0 Å². The number of rotatable bonds is 3. The molecular weight excluding hydrogens is 282 g/mol. The van der Waals surface area contributed by atoms with E-state index in [0.717, 1.165) is 16.0 Å². The second-order valence-corrected chi connectivity index (χ2v) is 5.62. The van der Waals surface area contributed by atoms with Crippen molar-refractivity contribution in [1.82, 2.24) is 5.32 Å². The summed E-state index contributed by atoms with van der Waals surface area (Å²) >= 11 is 1.40. The number of aliphatic hydroxyl groups is 1. The minimum Gasteiger partial charge on any atom is -0.384 e. The van der Waals surface area contributed by atoms with E-state index in [2.05, 4.69) is 17.2 Å². The monoisotopic (exact) mass is 299 g/mol. The number of hydrogen-bond acceptors (Lipinski definition) is 3. The molecule has 1 amide bonds. The maximum absolute atomic E-state index is 12.2. The van der Waals surface area contributed by atoms with Crippen LogP contribution in [-0.4, -0.2) is 17.6 Å². The van der Waals surface area contributed by atoms with Crippen molar-refractivity contribution >= 4 is 17.2 Å². The van der Waals surface area contributed by atoms with Gasteiger partial charge in [-0.15, -0.1) is 11.3 Å². The lowest BCUT2D eigenvalue weighted by Crippen LogP contribution is -2.26. The van der Waals surface area contributed by atoms with Crippen LogP contribution < -0.4 is 5.32 Å². The molecule has 1 heterocycles. The molecule has 2 rings (SSSR count). The van der Waals surface area contributed by atoms with Crippen LogP contribution in [-0.2, 0) is 0 Å². The van der Waals surface area contributed by atoms with Crippen molar-refractivity contribution in [3.05, 3.63) is 57.3 Å². The molecule has 0 aliphatic carbocycles. The minimum atomic E-state index is -0.177. The molecule has 1 atom stereocenters. The van der Waals surface area contributed by atoms with E-state index in [0.29, 0.717) is 5.56 Å². The molecule has 3 nitrogen and oxygen atoms in total. The standard InChI is InChI=1S/C17H17NO2S/c1-12-6-3-4-8-16(12)13(2)18-17(20)14-10-15(21-11-14)7-5-9-19/h3-4,6,8,10-11,13,19H,9H2,1-2H3,(H,18,20). The Morgan fingerprint density at radius 1 is 1.43 bits per heavy atom. The van der Waals surface area contributed by atoms with Gasteiger partial charge in [-0.1, -0.05) is 36.1 Å². The topological polar surface area (TPSA) is 49.3 Å². The highest BCUT2D eigenvalue weighted by atomic mass is 32.1. The summed E-state index contributed by atoms with van der Waals surface area (Å²) in [5.41, 5.74) is 2.87. The van der Waals surface area contributed by atoms with Crippen molar-refractivity contribution in [2.24, 2.45) is 0 Å². The third-order valence-corrected chi connectivity index (χ3v) is 4.00. The van der Waals surface area contributed by atoms with E-state index in [-0.39, 0.29) is 18.6 Å². The number of carbonyl (C=O) groups is 1. The van der Waals surface area contributed by atoms with Gasteiger partial charge >= 0.3 is 0 Å². The number of aryl methyl sites for hydroxylation is 1. The molecule has 1 aromatic carbocycles. The molecule has 0 aliphatic rings. The van der Waals surface area contributed by atoms with Gasteiger partial charge in [0.1, 0.15) is 6.61 Å². The zero-order valence-electron chi connectivity index (χ0n) is 12.0. The van der Waals surface area contributed by atoms with Crippen molar-refractivity contribution < 1.29 is 9.90 Å². The summed E-state index contributed by atoms with van der Waals surface area (Å²) in [6.07, 6.45) is 0. The van der Waals surface area contributed by atoms with E-state index < -0.39 is 0 Å². The van der Waals surface area contributed by atoms with Crippen LogP contribution in [0.4, 0.5) is 0 Å². The van der Waals surface area contributed by atoms with E-state index in [1.807, 2.05) is 38.1 Å². The maximum atomic E-state index is 12.2. The van der Waals surface area contributed by atoms with Crippen LogP contribution in [0.15, 0.2) is 35.7 Å². The first-order valence-corrected chi connectivity index (χ1v) is 7.54. The molecule has 21 heavy (non-hydrogen) atoms. The SMILES string of the molecule is Cc1ccccc1C(C)NC(=O)c1csc(C#CCO)c1. The molecule has 0 saturated heterocycles. The molecule has 108 valence electrons. The summed E-state index contributed by atoms with van der Waals surface area (Å²) in [5, 5.41) is 13.4. The molecule has 0 radical (unpaired) electrons. The largest absolute Gasteiger partial charge is 0.384 e. The average Bonchev–Trinajstić information content (AvgIpc) is 2.94. The third-order valence-electron chi connectivity index (χ3n) is 3.15. The Morgan fingerprint density at radius 3 is 2.90 bits per heavy atom. The zero-order chi connectivity index (χ0) is 15.2. The maximum Gasteiger partial charge on any atom is 0.252 e. The number of hydrogen-bond donors (Lipinski definition) is 2. The van der Waals surface area contributed by atoms with Gasteiger partial charge in [-0.2, -0.15) is 0 Å². The molecular formula is C17H17NO2S. The van der Waals surface area contributed by atoms with Gasteiger partial charge in [-0.3, -0.25) is 4.79 Å². The second kappa shape index (κ2) is 7.07. The fourth-order valence-electron chi connectivity index (χ4n) is 2.08. The fourth-order valence-corrected chi connectivity index (χ4v) is 2.83. The first kappa shape index (κ1) is 15.3. The van der Waals surface area contributed by atoms with Crippen molar-refractivity contribution in [2.45, 2.75) is 19.9 Å². The lowest BCUT2D eigenvalue weighted by molar-refractivity contribution is 0.0940.